The zero-order chi connectivity index (χ0) is 23.3. The molecule has 0 spiro atoms. The third-order valence-corrected chi connectivity index (χ3v) is 5.16. The van der Waals surface area contributed by atoms with Crippen LogP contribution in [-0.2, 0) is 9.59 Å². The van der Waals surface area contributed by atoms with Crippen LogP contribution < -0.4 is 15.0 Å². The van der Waals surface area contributed by atoms with E-state index >= 15 is 0 Å². The lowest BCUT2D eigenvalue weighted by atomic mass is 10.1. The molecule has 0 saturated carbocycles. The van der Waals surface area contributed by atoms with E-state index in [9.17, 15) is 14.4 Å². The van der Waals surface area contributed by atoms with Crippen LogP contribution in [0.4, 0.5) is 16.2 Å². The topological polar surface area (TPSA) is 79.0 Å². The number of hydrogen-bond donors (Lipinski definition) is 1. The summed E-state index contributed by atoms with van der Waals surface area (Å²) in [6.45, 7) is 8.96. The lowest BCUT2D eigenvalue weighted by Crippen LogP contribution is -2.40. The van der Waals surface area contributed by atoms with Crippen molar-refractivity contribution in [1.29, 1.82) is 0 Å². The average molecular weight is 438 g/mol. The molecule has 2 aromatic carbocycles. The second kappa shape index (κ2) is 10.3. The predicted molar refractivity (Wildman–Crippen MR) is 125 cm³/mol. The molecule has 1 heterocycles. The molecule has 32 heavy (non-hydrogen) atoms. The molecule has 0 aliphatic carbocycles. The van der Waals surface area contributed by atoms with Crippen molar-refractivity contribution in [2.75, 3.05) is 23.4 Å². The van der Waals surface area contributed by atoms with E-state index in [2.05, 4.69) is 5.32 Å². The highest BCUT2D eigenvalue weighted by Crippen LogP contribution is 2.28. The quantitative estimate of drug-likeness (QED) is 0.581. The summed E-state index contributed by atoms with van der Waals surface area (Å²) in [7, 11) is 0. The maximum atomic E-state index is 13.2. The number of ether oxygens (including phenoxy) is 1. The molecule has 7 nitrogen and oxygen atoms in total. The number of hydrogen-bond acceptors (Lipinski definition) is 4. The summed E-state index contributed by atoms with van der Waals surface area (Å²) < 4.78 is 5.55. The molecular weight excluding hydrogens is 406 g/mol. The molecular formula is C25H31N3O4. The first-order valence-electron chi connectivity index (χ1n) is 11.0. The van der Waals surface area contributed by atoms with Gasteiger partial charge in [0, 0.05) is 12.2 Å². The molecule has 4 amide bonds. The summed E-state index contributed by atoms with van der Waals surface area (Å²) >= 11 is 0. The number of nitrogens with zero attached hydrogens (tertiary/aromatic N) is 2. The molecule has 2 aromatic rings. The van der Waals surface area contributed by atoms with Crippen LogP contribution in [-0.4, -0.2) is 41.9 Å². The van der Waals surface area contributed by atoms with Crippen molar-refractivity contribution < 1.29 is 19.1 Å². The summed E-state index contributed by atoms with van der Waals surface area (Å²) in [4.78, 5) is 41.7. The van der Waals surface area contributed by atoms with Gasteiger partial charge in [-0.3, -0.25) is 9.59 Å². The van der Waals surface area contributed by atoms with Gasteiger partial charge >= 0.3 is 6.03 Å². The molecule has 1 N–H and O–H groups in total. The van der Waals surface area contributed by atoms with Crippen LogP contribution in [0.3, 0.4) is 0 Å². The molecule has 0 aromatic heterocycles. The second-order valence-corrected chi connectivity index (χ2v) is 8.48. The zero-order valence-corrected chi connectivity index (χ0v) is 19.1. The minimum absolute atomic E-state index is 0.103. The number of urea groups is 1. The second-order valence-electron chi connectivity index (χ2n) is 8.48. The molecule has 3 rings (SSSR count). The number of rotatable bonds is 9. The third kappa shape index (κ3) is 5.46. The van der Waals surface area contributed by atoms with Gasteiger partial charge in [0.25, 0.3) is 5.91 Å². The third-order valence-electron chi connectivity index (χ3n) is 5.16. The molecule has 0 radical (unpaired) electrons. The van der Waals surface area contributed by atoms with E-state index in [0.29, 0.717) is 24.5 Å². The molecule has 0 bridgehead atoms. The molecule has 170 valence electrons. The number of benzene rings is 2. The zero-order valence-electron chi connectivity index (χ0n) is 19.1. The first kappa shape index (κ1) is 23.3. The van der Waals surface area contributed by atoms with E-state index in [4.69, 9.17) is 4.74 Å². The highest BCUT2D eigenvalue weighted by molar-refractivity contribution is 6.22. The van der Waals surface area contributed by atoms with Gasteiger partial charge in [0.1, 0.15) is 11.8 Å². The summed E-state index contributed by atoms with van der Waals surface area (Å²) in [5.74, 6) is 0.195. The number of amides is 4. The van der Waals surface area contributed by atoms with Crippen LogP contribution in [0.1, 0.15) is 39.2 Å². The molecule has 7 heteroatoms. The lowest BCUT2D eigenvalue weighted by molar-refractivity contribution is -0.124. The number of aryl methyl sites for hydroxylation is 1. The molecule has 1 aliphatic heterocycles. The Hall–Kier alpha value is -3.35. The monoisotopic (exact) mass is 437 g/mol. The Kier molecular flexibility index (Phi) is 7.51. The Morgan fingerprint density at radius 3 is 2.31 bits per heavy atom. The molecule has 0 unspecified atom stereocenters. The van der Waals surface area contributed by atoms with E-state index < -0.39 is 6.04 Å². The number of anilines is 2. The van der Waals surface area contributed by atoms with Crippen molar-refractivity contribution in [3.8, 4) is 5.75 Å². The van der Waals surface area contributed by atoms with Crippen molar-refractivity contribution in [3.63, 3.8) is 0 Å². The van der Waals surface area contributed by atoms with Gasteiger partial charge in [0.15, 0.2) is 0 Å². The fourth-order valence-electron chi connectivity index (χ4n) is 3.61. The van der Waals surface area contributed by atoms with Crippen LogP contribution in [0.15, 0.2) is 48.5 Å². The predicted octanol–water partition coefficient (Wildman–Crippen LogP) is 4.61. The van der Waals surface area contributed by atoms with Crippen molar-refractivity contribution in [2.24, 2.45) is 5.92 Å². The minimum Gasteiger partial charge on any atom is -0.494 e. The Morgan fingerprint density at radius 1 is 1.06 bits per heavy atom. The standard InChI is InChI=1S/C25H31N3O4/c1-5-14-32-21-12-8-19(9-13-21)26-23(29)15-22-24(30)28(20-10-6-18(4)7-11-20)25(31)27(22)16-17(2)3/h6-13,17,22H,5,14-16H2,1-4H3,(H,26,29)/t22-/m0/s1. The highest BCUT2D eigenvalue weighted by atomic mass is 16.5. The normalized spacial score (nSPS) is 16.1. The van der Waals surface area contributed by atoms with Crippen LogP contribution in [0.2, 0.25) is 0 Å². The van der Waals surface area contributed by atoms with Gasteiger partial charge < -0.3 is 15.0 Å². The fourth-order valence-corrected chi connectivity index (χ4v) is 3.61. The van der Waals surface area contributed by atoms with Gasteiger partial charge in [-0.05, 0) is 55.7 Å². The first-order chi connectivity index (χ1) is 15.3. The van der Waals surface area contributed by atoms with Gasteiger partial charge in [0.2, 0.25) is 5.91 Å². The van der Waals surface area contributed by atoms with Gasteiger partial charge in [-0.2, -0.15) is 0 Å². The fraction of sp³-hybridized carbons (Fsp3) is 0.400. The summed E-state index contributed by atoms with van der Waals surface area (Å²) in [5.41, 5.74) is 2.17. The van der Waals surface area contributed by atoms with Crippen molar-refractivity contribution in [3.05, 3.63) is 54.1 Å². The lowest BCUT2D eigenvalue weighted by Gasteiger charge is -2.23. The van der Waals surface area contributed by atoms with E-state index in [1.54, 1.807) is 36.4 Å². The SMILES string of the molecule is CCCOc1ccc(NC(=O)C[C@H]2C(=O)N(c3ccc(C)cc3)C(=O)N2CC(C)C)cc1. The van der Waals surface area contributed by atoms with E-state index in [0.717, 1.165) is 17.7 Å². The van der Waals surface area contributed by atoms with Crippen LogP contribution in [0.5, 0.6) is 5.75 Å². The Labute approximate surface area is 189 Å². The molecule has 1 fully saturated rings. The Balaban J connectivity index is 1.73. The van der Waals surface area contributed by atoms with Gasteiger partial charge in [-0.25, -0.2) is 9.69 Å². The minimum atomic E-state index is -0.835. The van der Waals surface area contributed by atoms with E-state index in [-0.39, 0.29) is 30.2 Å². The van der Waals surface area contributed by atoms with Gasteiger partial charge in [-0.15, -0.1) is 0 Å². The number of carbonyl (C=O) groups is 3. The summed E-state index contributed by atoms with van der Waals surface area (Å²) in [6, 6.07) is 13.1. The number of imide groups is 1. The summed E-state index contributed by atoms with van der Waals surface area (Å²) in [6.07, 6.45) is 0.812. The smallest absolute Gasteiger partial charge is 0.332 e. The number of carbonyl (C=O) groups excluding carboxylic acids is 3. The largest absolute Gasteiger partial charge is 0.494 e. The maximum absolute atomic E-state index is 13.2. The Morgan fingerprint density at radius 2 is 1.72 bits per heavy atom. The van der Waals surface area contributed by atoms with Crippen molar-refractivity contribution in [2.45, 2.75) is 46.6 Å². The average Bonchev–Trinajstić information content (AvgIpc) is 2.97. The van der Waals surface area contributed by atoms with Crippen molar-refractivity contribution in [1.82, 2.24) is 4.90 Å². The molecule has 1 atom stereocenters. The van der Waals surface area contributed by atoms with E-state index in [1.807, 2.05) is 39.8 Å². The van der Waals surface area contributed by atoms with Gasteiger partial charge in [0.05, 0.1) is 18.7 Å². The highest BCUT2D eigenvalue weighted by Gasteiger charge is 2.46. The van der Waals surface area contributed by atoms with Crippen LogP contribution in [0, 0.1) is 12.8 Å². The van der Waals surface area contributed by atoms with E-state index in [1.165, 1.54) is 9.80 Å². The molecule has 1 saturated heterocycles. The summed E-state index contributed by atoms with van der Waals surface area (Å²) in [5, 5.41) is 2.82. The van der Waals surface area contributed by atoms with Crippen molar-refractivity contribution >= 4 is 29.2 Å². The molecule has 1 aliphatic rings. The first-order valence-corrected chi connectivity index (χ1v) is 11.0. The maximum Gasteiger partial charge on any atom is 0.332 e. The number of nitrogens with one attached hydrogen (secondary N) is 1. The van der Waals surface area contributed by atoms with Crippen LogP contribution >= 0.6 is 0 Å². The van der Waals surface area contributed by atoms with Crippen LogP contribution in [0.25, 0.3) is 0 Å². The van der Waals surface area contributed by atoms with Gasteiger partial charge in [-0.1, -0.05) is 38.5 Å². The Bertz CT molecular complexity index is 954.